The van der Waals surface area contributed by atoms with Crippen molar-refractivity contribution in [2.75, 3.05) is 44.7 Å². The van der Waals surface area contributed by atoms with Gasteiger partial charge < -0.3 is 14.9 Å². The van der Waals surface area contributed by atoms with E-state index < -0.39 is 0 Å². The van der Waals surface area contributed by atoms with Gasteiger partial charge in [-0.25, -0.2) is 0 Å². The summed E-state index contributed by atoms with van der Waals surface area (Å²) in [6, 6.07) is 14.8. The van der Waals surface area contributed by atoms with Gasteiger partial charge in [-0.1, -0.05) is 23.7 Å². The molecule has 138 valence electrons. The van der Waals surface area contributed by atoms with E-state index in [1.807, 2.05) is 43.4 Å². The number of aromatic hydroxyl groups is 1. The lowest BCUT2D eigenvalue weighted by Crippen LogP contribution is -2.49. The highest BCUT2D eigenvalue weighted by atomic mass is 35.5. The van der Waals surface area contributed by atoms with Crippen LogP contribution in [0, 0.1) is 0 Å². The van der Waals surface area contributed by atoms with Crippen LogP contribution in [0.4, 0.5) is 5.69 Å². The molecule has 2 aromatic carbocycles. The van der Waals surface area contributed by atoms with Crippen molar-refractivity contribution >= 4 is 23.2 Å². The van der Waals surface area contributed by atoms with Crippen molar-refractivity contribution in [3.63, 3.8) is 0 Å². The number of likely N-dealkylation sites (N-methyl/N-ethyl adjacent to an activating group) is 1. The molecule has 2 aromatic rings. The number of halogens is 1. The van der Waals surface area contributed by atoms with Crippen molar-refractivity contribution < 1.29 is 9.90 Å². The van der Waals surface area contributed by atoms with E-state index >= 15 is 0 Å². The number of phenols is 1. The summed E-state index contributed by atoms with van der Waals surface area (Å²) in [7, 11) is 1.84. The number of hydrogen-bond acceptors (Lipinski definition) is 4. The Bertz CT molecular complexity index is 726. The van der Waals surface area contributed by atoms with Crippen molar-refractivity contribution in [1.29, 1.82) is 0 Å². The normalized spacial score (nSPS) is 15.1. The first-order chi connectivity index (χ1) is 12.5. The molecule has 0 bridgehead atoms. The van der Waals surface area contributed by atoms with Gasteiger partial charge in [0.05, 0.1) is 6.54 Å². The second-order valence-electron chi connectivity index (χ2n) is 6.66. The zero-order valence-corrected chi connectivity index (χ0v) is 15.7. The van der Waals surface area contributed by atoms with E-state index in [1.54, 1.807) is 17.0 Å². The Morgan fingerprint density at radius 2 is 1.65 bits per heavy atom. The van der Waals surface area contributed by atoms with Gasteiger partial charge in [-0.15, -0.1) is 0 Å². The summed E-state index contributed by atoms with van der Waals surface area (Å²) >= 11 is 5.90. The van der Waals surface area contributed by atoms with E-state index in [2.05, 4.69) is 9.80 Å². The first-order valence-corrected chi connectivity index (χ1v) is 9.14. The molecule has 6 heteroatoms. The summed E-state index contributed by atoms with van der Waals surface area (Å²) in [5, 5.41) is 10.1. The highest BCUT2D eigenvalue weighted by Gasteiger charge is 2.20. The summed E-state index contributed by atoms with van der Waals surface area (Å²) in [4.78, 5) is 18.7. The van der Waals surface area contributed by atoms with Crippen LogP contribution in [-0.2, 0) is 11.3 Å². The molecule has 1 N–H and O–H groups in total. The molecule has 0 aliphatic carbocycles. The second-order valence-corrected chi connectivity index (χ2v) is 7.09. The SMILES string of the molecule is CN(Cc1ccc(Cl)cc1)C(=O)CN1CCN(c2ccc(O)cc2)CC1. The van der Waals surface area contributed by atoms with Crippen molar-refractivity contribution in [3.05, 3.63) is 59.1 Å². The minimum absolute atomic E-state index is 0.123. The van der Waals surface area contributed by atoms with Crippen molar-refractivity contribution in [3.8, 4) is 5.75 Å². The van der Waals surface area contributed by atoms with Gasteiger partial charge in [0.2, 0.25) is 5.91 Å². The molecule has 3 rings (SSSR count). The molecule has 1 saturated heterocycles. The number of hydrogen-bond donors (Lipinski definition) is 1. The van der Waals surface area contributed by atoms with Crippen LogP contribution in [0.25, 0.3) is 0 Å². The van der Waals surface area contributed by atoms with Crippen molar-refractivity contribution in [1.82, 2.24) is 9.80 Å². The number of amides is 1. The molecule has 1 amide bonds. The minimum atomic E-state index is 0.123. The highest BCUT2D eigenvalue weighted by molar-refractivity contribution is 6.30. The average molecular weight is 374 g/mol. The molecule has 0 aromatic heterocycles. The van der Waals surface area contributed by atoms with Gasteiger partial charge in [-0.3, -0.25) is 9.69 Å². The zero-order valence-electron chi connectivity index (χ0n) is 14.9. The number of nitrogens with zero attached hydrogens (tertiary/aromatic N) is 3. The van der Waals surface area contributed by atoms with Crippen LogP contribution in [0.3, 0.4) is 0 Å². The molecule has 1 heterocycles. The van der Waals surface area contributed by atoms with Crippen LogP contribution in [0.1, 0.15) is 5.56 Å². The summed E-state index contributed by atoms with van der Waals surface area (Å²) in [6.45, 7) is 4.47. The summed E-state index contributed by atoms with van der Waals surface area (Å²) in [5.74, 6) is 0.403. The number of carbonyl (C=O) groups excluding carboxylic acids is 1. The molecule has 0 radical (unpaired) electrons. The predicted octanol–water partition coefficient (Wildman–Crippen LogP) is 2.83. The Balaban J connectivity index is 1.46. The maximum Gasteiger partial charge on any atom is 0.236 e. The Kier molecular flexibility index (Phi) is 6.01. The Labute approximate surface area is 159 Å². The predicted molar refractivity (Wildman–Crippen MR) is 105 cm³/mol. The fraction of sp³-hybridized carbons (Fsp3) is 0.350. The van der Waals surface area contributed by atoms with E-state index in [4.69, 9.17) is 11.6 Å². The maximum atomic E-state index is 12.5. The van der Waals surface area contributed by atoms with Crippen LogP contribution >= 0.6 is 11.6 Å². The van der Waals surface area contributed by atoms with E-state index in [-0.39, 0.29) is 11.7 Å². The first kappa shape index (κ1) is 18.5. The third-order valence-corrected chi connectivity index (χ3v) is 4.96. The second kappa shape index (κ2) is 8.43. The van der Waals surface area contributed by atoms with Crippen molar-refractivity contribution in [2.45, 2.75) is 6.54 Å². The monoisotopic (exact) mass is 373 g/mol. The number of anilines is 1. The number of phenolic OH excluding ortho intramolecular Hbond substituents is 1. The maximum absolute atomic E-state index is 12.5. The van der Waals surface area contributed by atoms with E-state index in [0.717, 1.165) is 37.4 Å². The van der Waals surface area contributed by atoms with Crippen molar-refractivity contribution in [2.24, 2.45) is 0 Å². The molecule has 5 nitrogen and oxygen atoms in total. The van der Waals surface area contributed by atoms with Crippen LogP contribution in [0.5, 0.6) is 5.75 Å². The molecule has 0 saturated carbocycles. The van der Waals surface area contributed by atoms with E-state index in [0.29, 0.717) is 18.1 Å². The molecule has 0 atom stereocenters. The van der Waals surface area contributed by atoms with Gasteiger partial charge in [0.1, 0.15) is 5.75 Å². The zero-order chi connectivity index (χ0) is 18.5. The average Bonchev–Trinajstić information content (AvgIpc) is 2.65. The van der Waals surface area contributed by atoms with Crippen LogP contribution in [-0.4, -0.2) is 60.6 Å². The van der Waals surface area contributed by atoms with E-state index in [1.165, 1.54) is 0 Å². The lowest BCUT2D eigenvalue weighted by Gasteiger charge is -2.36. The summed E-state index contributed by atoms with van der Waals surface area (Å²) in [6.07, 6.45) is 0. The van der Waals surface area contributed by atoms with Gasteiger partial charge in [0.25, 0.3) is 0 Å². The largest absolute Gasteiger partial charge is 0.508 e. The Hall–Kier alpha value is -2.24. The fourth-order valence-corrected chi connectivity index (χ4v) is 3.22. The molecule has 0 spiro atoms. The molecule has 1 aliphatic heterocycles. The molecule has 1 fully saturated rings. The number of carbonyl (C=O) groups is 1. The third-order valence-electron chi connectivity index (χ3n) is 4.70. The summed E-state index contributed by atoms with van der Waals surface area (Å²) in [5.41, 5.74) is 2.18. The molecule has 1 aliphatic rings. The fourth-order valence-electron chi connectivity index (χ4n) is 3.09. The Morgan fingerprint density at radius 3 is 2.27 bits per heavy atom. The van der Waals surface area contributed by atoms with E-state index in [9.17, 15) is 9.90 Å². The van der Waals surface area contributed by atoms with Gasteiger partial charge in [-0.2, -0.15) is 0 Å². The quantitative estimate of drug-likeness (QED) is 0.875. The molecule has 0 unspecified atom stereocenters. The minimum Gasteiger partial charge on any atom is -0.508 e. The standard InChI is InChI=1S/C20H24ClN3O2/c1-22(14-16-2-4-17(21)5-3-16)20(26)15-23-10-12-24(13-11-23)18-6-8-19(25)9-7-18/h2-9,25H,10-15H2,1H3. The lowest BCUT2D eigenvalue weighted by atomic mass is 10.2. The first-order valence-electron chi connectivity index (χ1n) is 8.76. The van der Waals surface area contributed by atoms with Gasteiger partial charge >= 0.3 is 0 Å². The number of piperazine rings is 1. The summed E-state index contributed by atoms with van der Waals surface area (Å²) < 4.78 is 0. The topological polar surface area (TPSA) is 47.0 Å². The highest BCUT2D eigenvalue weighted by Crippen LogP contribution is 2.20. The van der Waals surface area contributed by atoms with Gasteiger partial charge in [0.15, 0.2) is 0 Å². The molecular formula is C20H24ClN3O2. The van der Waals surface area contributed by atoms with Crippen LogP contribution < -0.4 is 4.90 Å². The lowest BCUT2D eigenvalue weighted by molar-refractivity contribution is -0.131. The Morgan fingerprint density at radius 1 is 1.04 bits per heavy atom. The van der Waals surface area contributed by atoms with Crippen LogP contribution in [0.15, 0.2) is 48.5 Å². The van der Waals surface area contributed by atoms with Gasteiger partial charge in [0, 0.05) is 50.5 Å². The third kappa shape index (κ3) is 4.90. The molecular weight excluding hydrogens is 350 g/mol. The van der Waals surface area contributed by atoms with Crippen LogP contribution in [0.2, 0.25) is 5.02 Å². The number of benzene rings is 2. The van der Waals surface area contributed by atoms with Gasteiger partial charge in [-0.05, 0) is 42.0 Å². The molecule has 26 heavy (non-hydrogen) atoms. The smallest absolute Gasteiger partial charge is 0.236 e. The number of rotatable bonds is 5.